The van der Waals surface area contributed by atoms with Crippen molar-refractivity contribution in [1.29, 1.82) is 0 Å². The van der Waals surface area contributed by atoms with Crippen LogP contribution < -0.4 is 9.62 Å². The van der Waals surface area contributed by atoms with E-state index in [1.54, 1.807) is 6.20 Å². The summed E-state index contributed by atoms with van der Waals surface area (Å²) in [5.41, 5.74) is 3.43. The highest BCUT2D eigenvalue weighted by atomic mass is 32.2. The van der Waals surface area contributed by atoms with Crippen LogP contribution in [-0.2, 0) is 14.8 Å². The highest BCUT2D eigenvalue weighted by molar-refractivity contribution is 7.88. The first-order valence-electron chi connectivity index (χ1n) is 9.94. The monoisotopic (exact) mass is 429 g/mol. The molecule has 3 aromatic rings. The lowest BCUT2D eigenvalue weighted by Gasteiger charge is -2.33. The van der Waals surface area contributed by atoms with E-state index in [-0.39, 0.29) is 12.6 Å². The molecule has 11 heteroatoms. The quantitative estimate of drug-likeness (QED) is 0.612. The van der Waals surface area contributed by atoms with Gasteiger partial charge >= 0.3 is 0 Å². The number of sulfonamides is 1. The molecule has 0 spiro atoms. The van der Waals surface area contributed by atoms with Crippen LogP contribution in [0.25, 0.3) is 17.0 Å². The molecule has 2 fully saturated rings. The van der Waals surface area contributed by atoms with E-state index < -0.39 is 10.0 Å². The number of morpholine rings is 1. The molecule has 30 heavy (non-hydrogen) atoms. The van der Waals surface area contributed by atoms with Crippen molar-refractivity contribution in [2.24, 2.45) is 0 Å². The van der Waals surface area contributed by atoms with Crippen LogP contribution in [0.3, 0.4) is 0 Å². The predicted molar refractivity (Wildman–Crippen MR) is 111 cm³/mol. The normalized spacial score (nSPS) is 20.0. The summed E-state index contributed by atoms with van der Waals surface area (Å²) < 4.78 is 32.8. The average Bonchev–Trinajstić information content (AvgIpc) is 3.51. The topological polar surface area (TPSA) is 115 Å². The number of ether oxygens (including phenoxy) is 1. The molecule has 0 amide bonds. The molecular formula is C19H23N7O3S. The number of hydrogen-bond acceptors (Lipinski definition) is 8. The largest absolute Gasteiger partial charge is 0.373 e. The first kappa shape index (κ1) is 19.3. The number of anilines is 1. The summed E-state index contributed by atoms with van der Waals surface area (Å²) in [6.45, 7) is 1.94. The van der Waals surface area contributed by atoms with Gasteiger partial charge in [0, 0.05) is 31.6 Å². The summed E-state index contributed by atoms with van der Waals surface area (Å²) in [6.07, 6.45) is 6.59. The molecule has 0 bridgehead atoms. The van der Waals surface area contributed by atoms with Crippen molar-refractivity contribution in [3.63, 3.8) is 0 Å². The Balaban J connectivity index is 1.39. The molecule has 0 aromatic carbocycles. The van der Waals surface area contributed by atoms with E-state index in [0.29, 0.717) is 25.6 Å². The summed E-state index contributed by atoms with van der Waals surface area (Å²) in [7, 11) is -3.26. The van der Waals surface area contributed by atoms with Crippen molar-refractivity contribution in [3.8, 4) is 11.4 Å². The van der Waals surface area contributed by atoms with Crippen molar-refractivity contribution in [2.45, 2.75) is 24.9 Å². The second kappa shape index (κ2) is 7.56. The molecule has 5 rings (SSSR count). The SMILES string of the molecule is CS(=O)(=O)NC[C@@H]1CN(c2cc(-c3cnc4ccc(C5CC5)nn34)ncn2)CCO1. The van der Waals surface area contributed by atoms with E-state index in [4.69, 9.17) is 9.84 Å². The fourth-order valence-electron chi connectivity index (χ4n) is 3.61. The van der Waals surface area contributed by atoms with Gasteiger partial charge in [0.15, 0.2) is 5.65 Å². The van der Waals surface area contributed by atoms with Crippen LogP contribution in [0, 0.1) is 0 Å². The van der Waals surface area contributed by atoms with E-state index in [1.165, 1.54) is 19.2 Å². The third-order valence-electron chi connectivity index (χ3n) is 5.33. The molecule has 1 atom stereocenters. The highest BCUT2D eigenvalue weighted by Gasteiger charge is 2.26. The molecule has 1 saturated heterocycles. The van der Waals surface area contributed by atoms with E-state index >= 15 is 0 Å². The zero-order valence-electron chi connectivity index (χ0n) is 16.6. The second-order valence-electron chi connectivity index (χ2n) is 7.77. The van der Waals surface area contributed by atoms with Gasteiger partial charge in [-0.1, -0.05) is 0 Å². The summed E-state index contributed by atoms with van der Waals surface area (Å²) >= 11 is 0. The van der Waals surface area contributed by atoms with Gasteiger partial charge in [0.2, 0.25) is 10.0 Å². The van der Waals surface area contributed by atoms with Crippen LogP contribution in [0.2, 0.25) is 0 Å². The van der Waals surface area contributed by atoms with E-state index in [1.807, 2.05) is 22.7 Å². The number of nitrogens with one attached hydrogen (secondary N) is 1. The number of rotatable bonds is 6. The lowest BCUT2D eigenvalue weighted by Crippen LogP contribution is -2.47. The summed E-state index contributed by atoms with van der Waals surface area (Å²) in [4.78, 5) is 15.4. The minimum atomic E-state index is -3.26. The smallest absolute Gasteiger partial charge is 0.208 e. The molecule has 158 valence electrons. The third-order valence-corrected chi connectivity index (χ3v) is 6.02. The van der Waals surface area contributed by atoms with E-state index in [2.05, 4.69) is 24.6 Å². The van der Waals surface area contributed by atoms with Crippen LogP contribution in [0.5, 0.6) is 0 Å². The molecule has 0 radical (unpaired) electrons. The summed E-state index contributed by atoms with van der Waals surface area (Å²) in [5, 5.41) is 4.77. The van der Waals surface area contributed by atoms with Gasteiger partial charge in [-0.3, -0.25) is 0 Å². The standard InChI is InChI=1S/C19H23N7O3S/c1-30(27,28)23-9-14-11-25(6-7-29-14)19-8-16(21-12-22-19)17-10-20-18-5-4-15(13-2-3-13)24-26(17)18/h4-5,8,10,12-14,23H,2-3,6-7,9,11H2,1H3/t14-/m1/s1. The number of imidazole rings is 1. The molecule has 4 heterocycles. The Labute approximate surface area is 174 Å². The fourth-order valence-corrected chi connectivity index (χ4v) is 4.10. The highest BCUT2D eigenvalue weighted by Crippen LogP contribution is 2.39. The Bertz CT molecular complexity index is 1180. The zero-order valence-corrected chi connectivity index (χ0v) is 17.4. The summed E-state index contributed by atoms with van der Waals surface area (Å²) in [6, 6.07) is 5.96. The Morgan fingerprint density at radius 2 is 2.10 bits per heavy atom. The molecular weight excluding hydrogens is 406 g/mol. The molecule has 3 aromatic heterocycles. The minimum Gasteiger partial charge on any atom is -0.373 e. The minimum absolute atomic E-state index is 0.231. The molecule has 1 N–H and O–H groups in total. The van der Waals surface area contributed by atoms with E-state index in [0.717, 1.165) is 34.8 Å². The van der Waals surface area contributed by atoms with Gasteiger partial charge in [-0.25, -0.2) is 32.6 Å². The zero-order chi connectivity index (χ0) is 20.7. The van der Waals surface area contributed by atoms with Crippen LogP contribution >= 0.6 is 0 Å². The van der Waals surface area contributed by atoms with Crippen LogP contribution in [0.1, 0.15) is 24.5 Å². The number of nitrogens with zero attached hydrogens (tertiary/aromatic N) is 6. The molecule has 10 nitrogen and oxygen atoms in total. The van der Waals surface area contributed by atoms with Gasteiger partial charge < -0.3 is 9.64 Å². The van der Waals surface area contributed by atoms with Crippen molar-refractivity contribution in [1.82, 2.24) is 29.3 Å². The third kappa shape index (κ3) is 4.13. The van der Waals surface area contributed by atoms with Gasteiger partial charge in [0.1, 0.15) is 17.8 Å². The lowest BCUT2D eigenvalue weighted by molar-refractivity contribution is 0.0440. The lowest BCUT2D eigenvalue weighted by atomic mass is 10.2. The molecule has 1 saturated carbocycles. The van der Waals surface area contributed by atoms with Crippen LogP contribution in [-0.4, -0.2) is 71.6 Å². The average molecular weight is 430 g/mol. The Morgan fingerprint density at radius 1 is 1.23 bits per heavy atom. The number of aromatic nitrogens is 5. The van der Waals surface area contributed by atoms with Crippen molar-refractivity contribution >= 4 is 21.5 Å². The first-order chi connectivity index (χ1) is 14.5. The van der Waals surface area contributed by atoms with E-state index in [9.17, 15) is 8.42 Å². The van der Waals surface area contributed by atoms with Crippen molar-refractivity contribution in [2.75, 3.05) is 37.4 Å². The maximum Gasteiger partial charge on any atom is 0.208 e. The Hall–Kier alpha value is -2.63. The van der Waals surface area contributed by atoms with Gasteiger partial charge in [-0.15, -0.1) is 0 Å². The van der Waals surface area contributed by atoms with Gasteiger partial charge in [0.05, 0.1) is 36.6 Å². The van der Waals surface area contributed by atoms with Crippen molar-refractivity contribution in [3.05, 3.63) is 36.4 Å². The molecule has 0 unspecified atom stereocenters. The maximum atomic E-state index is 11.4. The Morgan fingerprint density at radius 3 is 2.90 bits per heavy atom. The molecule has 1 aliphatic heterocycles. The summed E-state index contributed by atoms with van der Waals surface area (Å²) in [5.74, 6) is 1.32. The molecule has 1 aliphatic carbocycles. The van der Waals surface area contributed by atoms with Crippen LogP contribution in [0.4, 0.5) is 5.82 Å². The van der Waals surface area contributed by atoms with Gasteiger partial charge in [-0.2, -0.15) is 5.10 Å². The Kier molecular flexibility index (Phi) is 4.88. The van der Waals surface area contributed by atoms with Gasteiger partial charge in [0.25, 0.3) is 0 Å². The van der Waals surface area contributed by atoms with Crippen LogP contribution in [0.15, 0.2) is 30.7 Å². The first-order valence-corrected chi connectivity index (χ1v) is 11.8. The van der Waals surface area contributed by atoms with Gasteiger partial charge in [-0.05, 0) is 25.0 Å². The fraction of sp³-hybridized carbons (Fsp3) is 0.474. The molecule has 2 aliphatic rings. The maximum absolute atomic E-state index is 11.4. The van der Waals surface area contributed by atoms with Crippen molar-refractivity contribution < 1.29 is 13.2 Å². The number of hydrogen-bond donors (Lipinski definition) is 1. The number of fused-ring (bicyclic) bond motifs is 1. The second-order valence-corrected chi connectivity index (χ2v) is 9.60. The predicted octanol–water partition coefficient (Wildman–Crippen LogP) is 0.818.